The Bertz CT molecular complexity index is 865. The van der Waals surface area contributed by atoms with Crippen LogP contribution >= 0.6 is 35.6 Å². The number of methoxy groups -OCH3 is 2. The maximum absolute atomic E-state index is 12.8. The summed E-state index contributed by atoms with van der Waals surface area (Å²) in [5, 5.41) is 0.424. The molecule has 1 aliphatic rings. The number of nitrogens with zero attached hydrogens (tertiary/aromatic N) is 1. The third kappa shape index (κ3) is 3.66. The van der Waals surface area contributed by atoms with Crippen molar-refractivity contribution in [1.29, 1.82) is 0 Å². The topological polar surface area (TPSA) is 38.8 Å². The van der Waals surface area contributed by atoms with Crippen LogP contribution in [-0.4, -0.2) is 24.4 Å². The Kier molecular flexibility index (Phi) is 5.32. The lowest BCUT2D eigenvalue weighted by molar-refractivity contribution is -0.113. The first-order chi connectivity index (χ1) is 12.0. The van der Waals surface area contributed by atoms with Crippen molar-refractivity contribution in [3.05, 3.63) is 58.0 Å². The second-order valence-corrected chi connectivity index (χ2v) is 7.19. The quantitative estimate of drug-likeness (QED) is 0.554. The molecule has 2 aromatic carbocycles. The zero-order valence-electron chi connectivity index (χ0n) is 13.5. The molecule has 0 aromatic heterocycles. The van der Waals surface area contributed by atoms with Crippen LogP contribution in [0.25, 0.3) is 6.08 Å². The maximum atomic E-state index is 12.8. The van der Waals surface area contributed by atoms with Gasteiger partial charge in [0, 0.05) is 0 Å². The first kappa shape index (κ1) is 17.8. The summed E-state index contributed by atoms with van der Waals surface area (Å²) < 4.78 is 10.7. The predicted molar refractivity (Wildman–Crippen MR) is 107 cm³/mol. The Balaban J connectivity index is 1.89. The maximum Gasteiger partial charge on any atom is 0.270 e. The Morgan fingerprint density at radius 2 is 1.84 bits per heavy atom. The minimum atomic E-state index is -0.174. The largest absolute Gasteiger partial charge is 0.497 e. The summed E-state index contributed by atoms with van der Waals surface area (Å²) in [5.74, 6) is 1.13. The molecule has 3 rings (SSSR count). The molecule has 25 heavy (non-hydrogen) atoms. The summed E-state index contributed by atoms with van der Waals surface area (Å²) in [6.45, 7) is 0. The normalized spacial score (nSPS) is 15.8. The number of carbonyl (C=O) groups is 1. The van der Waals surface area contributed by atoms with E-state index >= 15 is 0 Å². The van der Waals surface area contributed by atoms with Crippen molar-refractivity contribution in [3.63, 3.8) is 0 Å². The number of thioether (sulfide) groups is 1. The lowest BCUT2D eigenvalue weighted by atomic mass is 10.2. The molecule has 2 aromatic rings. The van der Waals surface area contributed by atoms with Crippen LogP contribution in [0, 0.1) is 0 Å². The molecule has 0 radical (unpaired) electrons. The van der Waals surface area contributed by atoms with Crippen molar-refractivity contribution >= 4 is 57.6 Å². The average Bonchev–Trinajstić information content (AvgIpc) is 2.89. The van der Waals surface area contributed by atoms with Crippen LogP contribution < -0.4 is 14.4 Å². The van der Waals surface area contributed by atoms with Gasteiger partial charge in [-0.05, 0) is 42.0 Å². The van der Waals surface area contributed by atoms with Gasteiger partial charge >= 0.3 is 0 Å². The lowest BCUT2D eigenvalue weighted by Gasteiger charge is -2.15. The van der Waals surface area contributed by atoms with Gasteiger partial charge in [-0.15, -0.1) is 0 Å². The second-order valence-electron chi connectivity index (χ2n) is 5.11. The Morgan fingerprint density at radius 3 is 2.44 bits per heavy atom. The van der Waals surface area contributed by atoms with Gasteiger partial charge < -0.3 is 9.47 Å². The molecular formula is C18H14ClNO3S2. The molecule has 1 amide bonds. The summed E-state index contributed by atoms with van der Waals surface area (Å²) in [6.07, 6.45) is 1.81. The number of carbonyl (C=O) groups excluding carboxylic acids is 1. The highest BCUT2D eigenvalue weighted by Crippen LogP contribution is 2.38. The summed E-state index contributed by atoms with van der Waals surface area (Å²) in [5.41, 5.74) is 1.51. The first-order valence-corrected chi connectivity index (χ1v) is 8.89. The number of hydrogen-bond donors (Lipinski definition) is 0. The number of ether oxygens (including phenoxy) is 2. The van der Waals surface area contributed by atoms with Crippen molar-refractivity contribution < 1.29 is 14.3 Å². The third-order valence-electron chi connectivity index (χ3n) is 3.60. The number of halogens is 1. The number of amides is 1. The minimum Gasteiger partial charge on any atom is -0.497 e. The SMILES string of the molecule is COc1ccc(/C=C2\SC(=S)N(c3ccc(OC)c(Cl)c3)C2=O)cc1. The van der Waals surface area contributed by atoms with Gasteiger partial charge in [0.1, 0.15) is 11.5 Å². The Hall–Kier alpha value is -2.02. The summed E-state index contributed by atoms with van der Waals surface area (Å²) in [7, 11) is 3.15. The van der Waals surface area contributed by atoms with E-state index in [0.29, 0.717) is 25.7 Å². The molecule has 0 atom stereocenters. The van der Waals surface area contributed by atoms with Gasteiger partial charge in [-0.3, -0.25) is 9.69 Å². The van der Waals surface area contributed by atoms with E-state index in [1.54, 1.807) is 25.3 Å². The highest BCUT2D eigenvalue weighted by molar-refractivity contribution is 8.27. The van der Waals surface area contributed by atoms with Gasteiger partial charge in [-0.1, -0.05) is 47.7 Å². The number of thiocarbonyl (C=S) groups is 1. The number of hydrogen-bond acceptors (Lipinski definition) is 5. The number of benzene rings is 2. The summed E-state index contributed by atoms with van der Waals surface area (Å²) in [4.78, 5) is 14.8. The van der Waals surface area contributed by atoms with Crippen molar-refractivity contribution in [2.24, 2.45) is 0 Å². The smallest absolute Gasteiger partial charge is 0.270 e. The zero-order chi connectivity index (χ0) is 18.0. The van der Waals surface area contributed by atoms with Crippen molar-refractivity contribution in [2.45, 2.75) is 0 Å². The van der Waals surface area contributed by atoms with Crippen LogP contribution in [0.1, 0.15) is 5.56 Å². The first-order valence-electron chi connectivity index (χ1n) is 7.29. The fourth-order valence-corrected chi connectivity index (χ4v) is 3.89. The standard InChI is InChI=1S/C18H14ClNO3S2/c1-22-13-6-3-11(4-7-13)9-16-17(21)20(18(24)25-16)12-5-8-15(23-2)14(19)10-12/h3-10H,1-2H3/b16-9-. The third-order valence-corrected chi connectivity index (χ3v) is 5.20. The highest BCUT2D eigenvalue weighted by Gasteiger charge is 2.33. The Labute approximate surface area is 160 Å². The summed E-state index contributed by atoms with van der Waals surface area (Å²) in [6, 6.07) is 12.6. The molecule has 1 aliphatic heterocycles. The molecule has 128 valence electrons. The lowest BCUT2D eigenvalue weighted by Crippen LogP contribution is -2.27. The molecule has 1 heterocycles. The zero-order valence-corrected chi connectivity index (χ0v) is 15.9. The van der Waals surface area contributed by atoms with Crippen molar-refractivity contribution in [3.8, 4) is 11.5 Å². The molecule has 0 saturated carbocycles. The van der Waals surface area contributed by atoms with Gasteiger partial charge in [0.15, 0.2) is 4.32 Å². The number of rotatable bonds is 4. The van der Waals surface area contributed by atoms with E-state index in [2.05, 4.69) is 0 Å². The van der Waals surface area contributed by atoms with Gasteiger partial charge in [-0.2, -0.15) is 0 Å². The molecular weight excluding hydrogens is 378 g/mol. The van der Waals surface area contributed by atoms with Crippen molar-refractivity contribution in [1.82, 2.24) is 0 Å². The van der Waals surface area contributed by atoms with Gasteiger partial charge in [0.2, 0.25) is 0 Å². The number of anilines is 1. The predicted octanol–water partition coefficient (Wildman–Crippen LogP) is 4.76. The van der Waals surface area contributed by atoms with Crippen LogP contribution in [0.3, 0.4) is 0 Å². The van der Waals surface area contributed by atoms with E-state index in [9.17, 15) is 4.79 Å². The van der Waals surface area contributed by atoms with Crippen LogP contribution in [0.15, 0.2) is 47.4 Å². The molecule has 7 heteroatoms. The average molecular weight is 392 g/mol. The molecule has 0 spiro atoms. The molecule has 0 N–H and O–H groups in total. The van der Waals surface area contributed by atoms with Crippen LogP contribution in [-0.2, 0) is 4.79 Å². The van der Waals surface area contributed by atoms with Crippen molar-refractivity contribution in [2.75, 3.05) is 19.1 Å². The monoisotopic (exact) mass is 391 g/mol. The molecule has 4 nitrogen and oxygen atoms in total. The van der Waals surface area contributed by atoms with E-state index in [1.807, 2.05) is 30.3 Å². The highest BCUT2D eigenvalue weighted by atomic mass is 35.5. The summed E-state index contributed by atoms with van der Waals surface area (Å²) >= 11 is 12.8. The molecule has 0 unspecified atom stereocenters. The van der Waals surface area contributed by atoms with Gasteiger partial charge in [0.05, 0.1) is 29.8 Å². The Morgan fingerprint density at radius 1 is 1.12 bits per heavy atom. The fraction of sp³-hybridized carbons (Fsp3) is 0.111. The van der Waals surface area contributed by atoms with Crippen LogP contribution in [0.4, 0.5) is 5.69 Å². The molecule has 0 bridgehead atoms. The molecule has 1 fully saturated rings. The van der Waals surface area contributed by atoms with Gasteiger partial charge in [0.25, 0.3) is 5.91 Å². The van der Waals surface area contributed by atoms with Crippen LogP contribution in [0.2, 0.25) is 5.02 Å². The van der Waals surface area contributed by atoms with Crippen LogP contribution in [0.5, 0.6) is 11.5 Å². The second kappa shape index (κ2) is 7.47. The molecule has 1 saturated heterocycles. The van der Waals surface area contributed by atoms with Gasteiger partial charge in [-0.25, -0.2) is 0 Å². The van der Waals surface area contributed by atoms with E-state index < -0.39 is 0 Å². The van der Waals surface area contributed by atoms with E-state index in [1.165, 1.54) is 23.8 Å². The van der Waals surface area contributed by atoms with E-state index in [4.69, 9.17) is 33.3 Å². The fourth-order valence-electron chi connectivity index (χ4n) is 2.34. The molecule has 0 aliphatic carbocycles. The van der Waals surface area contributed by atoms with E-state index in [0.717, 1.165) is 11.3 Å². The van der Waals surface area contributed by atoms with E-state index in [-0.39, 0.29) is 5.91 Å². The minimum absolute atomic E-state index is 0.174.